The zero-order chi connectivity index (χ0) is 16.5. The Kier molecular flexibility index (Phi) is 4.52. The zero-order valence-electron chi connectivity index (χ0n) is 13.0. The van der Waals surface area contributed by atoms with Gasteiger partial charge in [0.15, 0.2) is 0 Å². The molecule has 0 spiro atoms. The number of rotatable bonds is 4. The highest BCUT2D eigenvalue weighted by atomic mass is 19.4. The zero-order valence-corrected chi connectivity index (χ0v) is 13.0. The minimum atomic E-state index is -4.39. The number of aryl methyl sites for hydroxylation is 2. The third-order valence-corrected chi connectivity index (χ3v) is 4.01. The molecule has 0 bridgehead atoms. The molecule has 1 aromatic carbocycles. The number of hydrogen-bond donors (Lipinski definition) is 1. The molecule has 1 fully saturated rings. The molecule has 22 heavy (non-hydrogen) atoms. The van der Waals surface area contributed by atoms with Crippen LogP contribution in [0.25, 0.3) is 0 Å². The minimum absolute atomic E-state index is 0.0735. The fourth-order valence-electron chi connectivity index (χ4n) is 2.80. The van der Waals surface area contributed by atoms with Crippen LogP contribution in [-0.4, -0.2) is 28.7 Å². The van der Waals surface area contributed by atoms with Crippen molar-refractivity contribution in [1.82, 2.24) is 10.4 Å². The summed E-state index contributed by atoms with van der Waals surface area (Å²) in [4.78, 5) is 11.5. The molecule has 1 heterocycles. The predicted molar refractivity (Wildman–Crippen MR) is 78.0 cm³/mol. The third kappa shape index (κ3) is 3.80. The number of hydrazine groups is 1. The second-order valence-electron chi connectivity index (χ2n) is 6.48. The van der Waals surface area contributed by atoms with Gasteiger partial charge in [0.2, 0.25) is 5.91 Å². The molecule has 2 rings (SSSR count). The van der Waals surface area contributed by atoms with E-state index in [1.807, 2.05) is 31.2 Å². The smallest absolute Gasteiger partial charge is 0.288 e. The van der Waals surface area contributed by atoms with E-state index in [-0.39, 0.29) is 18.7 Å². The predicted octanol–water partition coefficient (Wildman–Crippen LogP) is 3.37. The molecule has 1 unspecified atom stereocenters. The van der Waals surface area contributed by atoms with Gasteiger partial charge in [-0.3, -0.25) is 10.2 Å². The van der Waals surface area contributed by atoms with Crippen LogP contribution in [0.1, 0.15) is 37.8 Å². The lowest BCUT2D eigenvalue weighted by Gasteiger charge is -2.37. The molecule has 1 aliphatic heterocycles. The molecule has 1 amide bonds. The largest absolute Gasteiger partial charge is 0.405 e. The highest BCUT2D eigenvalue weighted by Gasteiger charge is 2.51. The van der Waals surface area contributed by atoms with E-state index in [0.717, 1.165) is 16.1 Å². The lowest BCUT2D eigenvalue weighted by molar-refractivity contribution is -0.202. The average molecular weight is 314 g/mol. The molecule has 0 aliphatic carbocycles. The number of carbonyl (C=O) groups excluding carboxylic acids is 1. The second kappa shape index (κ2) is 5.91. The van der Waals surface area contributed by atoms with Crippen LogP contribution < -0.4 is 5.43 Å². The van der Waals surface area contributed by atoms with Crippen LogP contribution in [0, 0.1) is 6.92 Å². The number of carbonyl (C=O) groups is 1. The maximum atomic E-state index is 13.4. The van der Waals surface area contributed by atoms with E-state index in [1.54, 1.807) is 13.8 Å². The molecule has 0 aromatic heterocycles. The van der Waals surface area contributed by atoms with Gasteiger partial charge in [-0.25, -0.2) is 5.01 Å². The summed E-state index contributed by atoms with van der Waals surface area (Å²) in [5.41, 5.74) is 3.47. The van der Waals surface area contributed by atoms with Crippen molar-refractivity contribution in [3.8, 4) is 0 Å². The fourth-order valence-corrected chi connectivity index (χ4v) is 2.80. The summed E-state index contributed by atoms with van der Waals surface area (Å²) in [5.74, 6) is -0.366. The average Bonchev–Trinajstić information content (AvgIpc) is 2.63. The van der Waals surface area contributed by atoms with Crippen LogP contribution in [-0.2, 0) is 11.2 Å². The van der Waals surface area contributed by atoms with Crippen molar-refractivity contribution < 1.29 is 18.0 Å². The molecular weight excluding hydrogens is 293 g/mol. The second-order valence-corrected chi connectivity index (χ2v) is 6.48. The van der Waals surface area contributed by atoms with Gasteiger partial charge in [-0.05, 0) is 39.2 Å². The summed E-state index contributed by atoms with van der Waals surface area (Å²) in [5, 5.41) is 1.07. The Balaban J connectivity index is 2.14. The summed E-state index contributed by atoms with van der Waals surface area (Å²) < 4.78 is 40.2. The first-order valence-corrected chi connectivity index (χ1v) is 7.31. The molecule has 122 valence electrons. The highest BCUT2D eigenvalue weighted by molar-refractivity contribution is 5.78. The van der Waals surface area contributed by atoms with Gasteiger partial charge in [0.1, 0.15) is 6.04 Å². The van der Waals surface area contributed by atoms with Crippen molar-refractivity contribution in [1.29, 1.82) is 0 Å². The van der Waals surface area contributed by atoms with Crippen LogP contribution in [0.15, 0.2) is 24.3 Å². The SMILES string of the molecule is Cc1ccc(CCC(N2NC(=O)CC2(C)C)C(F)(F)F)cc1. The molecule has 1 aliphatic rings. The number of nitrogens with one attached hydrogen (secondary N) is 1. The number of hydrogen-bond acceptors (Lipinski definition) is 2. The number of halogens is 3. The van der Waals surface area contributed by atoms with Crippen molar-refractivity contribution >= 4 is 5.91 Å². The molecule has 6 heteroatoms. The van der Waals surface area contributed by atoms with Crippen molar-refractivity contribution in [3.05, 3.63) is 35.4 Å². The standard InChI is InChI=1S/C16H21F3N2O/c1-11-4-6-12(7-5-11)8-9-13(16(17,18)19)21-15(2,3)10-14(22)20-21/h4-7,13H,8-10H2,1-3H3,(H,20,22). The van der Waals surface area contributed by atoms with E-state index in [1.165, 1.54) is 0 Å². The summed E-state index contributed by atoms with van der Waals surface area (Å²) >= 11 is 0. The molecule has 0 radical (unpaired) electrons. The first-order chi connectivity index (χ1) is 10.1. The van der Waals surface area contributed by atoms with E-state index in [4.69, 9.17) is 0 Å². The van der Waals surface area contributed by atoms with Crippen LogP contribution >= 0.6 is 0 Å². The minimum Gasteiger partial charge on any atom is -0.288 e. The molecule has 1 aromatic rings. The number of nitrogens with zero attached hydrogens (tertiary/aromatic N) is 1. The van der Waals surface area contributed by atoms with Crippen LogP contribution in [0.4, 0.5) is 13.2 Å². The van der Waals surface area contributed by atoms with Gasteiger partial charge >= 0.3 is 6.18 Å². The molecule has 1 atom stereocenters. The molecule has 1 saturated heterocycles. The first-order valence-electron chi connectivity index (χ1n) is 7.31. The Morgan fingerprint density at radius 3 is 2.32 bits per heavy atom. The monoisotopic (exact) mass is 314 g/mol. The number of alkyl halides is 3. The lowest BCUT2D eigenvalue weighted by Crippen LogP contribution is -2.56. The maximum Gasteiger partial charge on any atom is 0.405 e. The van der Waals surface area contributed by atoms with Gasteiger partial charge in [-0.15, -0.1) is 0 Å². The number of benzene rings is 1. The first kappa shape index (κ1) is 16.8. The van der Waals surface area contributed by atoms with Gasteiger partial charge in [-0.2, -0.15) is 13.2 Å². The maximum absolute atomic E-state index is 13.4. The quantitative estimate of drug-likeness (QED) is 0.924. The Hall–Kier alpha value is -1.56. The highest BCUT2D eigenvalue weighted by Crippen LogP contribution is 2.35. The van der Waals surface area contributed by atoms with Gasteiger partial charge in [0.05, 0.1) is 0 Å². The van der Waals surface area contributed by atoms with Crippen molar-refractivity contribution in [3.63, 3.8) is 0 Å². The Morgan fingerprint density at radius 1 is 1.27 bits per heavy atom. The molecule has 1 N–H and O–H groups in total. The summed E-state index contributed by atoms with van der Waals surface area (Å²) in [6, 6.07) is 5.78. The van der Waals surface area contributed by atoms with E-state index in [9.17, 15) is 18.0 Å². The summed E-state index contributed by atoms with van der Waals surface area (Å²) in [6.07, 6.45) is -4.09. The topological polar surface area (TPSA) is 32.3 Å². The normalized spacial score (nSPS) is 20.0. The molecule has 0 saturated carbocycles. The van der Waals surface area contributed by atoms with Gasteiger partial charge in [0, 0.05) is 12.0 Å². The van der Waals surface area contributed by atoms with Gasteiger partial charge in [0.25, 0.3) is 0 Å². The Bertz CT molecular complexity index is 537. The number of amides is 1. The summed E-state index contributed by atoms with van der Waals surface area (Å²) in [6.45, 7) is 5.23. The summed E-state index contributed by atoms with van der Waals surface area (Å²) in [7, 11) is 0. The Morgan fingerprint density at radius 2 is 1.86 bits per heavy atom. The van der Waals surface area contributed by atoms with Gasteiger partial charge in [-0.1, -0.05) is 29.8 Å². The van der Waals surface area contributed by atoms with Crippen LogP contribution in [0.3, 0.4) is 0 Å². The van der Waals surface area contributed by atoms with Crippen LogP contribution in [0.2, 0.25) is 0 Å². The molecular formula is C16H21F3N2O. The third-order valence-electron chi connectivity index (χ3n) is 4.01. The van der Waals surface area contributed by atoms with E-state index < -0.39 is 17.8 Å². The molecule has 3 nitrogen and oxygen atoms in total. The van der Waals surface area contributed by atoms with Gasteiger partial charge < -0.3 is 0 Å². The fraction of sp³-hybridized carbons (Fsp3) is 0.562. The lowest BCUT2D eigenvalue weighted by atomic mass is 9.97. The van der Waals surface area contributed by atoms with Crippen LogP contribution in [0.5, 0.6) is 0 Å². The van der Waals surface area contributed by atoms with E-state index >= 15 is 0 Å². The van der Waals surface area contributed by atoms with Crippen molar-refractivity contribution in [2.24, 2.45) is 0 Å². The van der Waals surface area contributed by atoms with Crippen molar-refractivity contribution in [2.75, 3.05) is 0 Å². The Labute approximate surface area is 128 Å². The van der Waals surface area contributed by atoms with Crippen molar-refractivity contribution in [2.45, 2.75) is 57.8 Å². The van der Waals surface area contributed by atoms with E-state index in [2.05, 4.69) is 5.43 Å². The van der Waals surface area contributed by atoms with E-state index in [0.29, 0.717) is 6.42 Å².